The summed E-state index contributed by atoms with van der Waals surface area (Å²) in [6.07, 6.45) is -13.7. The minimum absolute atomic E-state index is 0.0171. The first-order valence-electron chi connectivity index (χ1n) is 46.4. The van der Waals surface area contributed by atoms with E-state index in [1.165, 1.54) is 77.9 Å². The Balaban J connectivity index is 1.61. The van der Waals surface area contributed by atoms with Crippen LogP contribution in [0.5, 0.6) is 5.75 Å². The van der Waals surface area contributed by atoms with E-state index in [4.69, 9.17) is 22.3 Å². The molecule has 2 aromatic carbocycles. The molecule has 145 heavy (non-hydrogen) atoms. The lowest BCUT2D eigenvalue weighted by molar-refractivity contribution is -0.148. The third kappa shape index (κ3) is 40.3. The zero-order valence-corrected chi connectivity index (χ0v) is 81.3. The number of nitrogens with zero attached hydrogens (tertiary/aromatic N) is 2. The molecular formula is C90H132N20O35. The topological polar surface area (TPSA) is 894 Å². The van der Waals surface area contributed by atoms with E-state index in [1.807, 2.05) is 5.32 Å². The number of carboxylic acids is 6. The van der Waals surface area contributed by atoms with Crippen LogP contribution in [0.25, 0.3) is 0 Å². The lowest BCUT2D eigenvalue weighted by atomic mass is 9.99. The summed E-state index contributed by atoms with van der Waals surface area (Å²) in [7, 11) is 0. The number of hydrogen-bond donors (Lipinski definition) is 28. The number of rotatable bonds is 61. The average molecular weight is 2050 g/mol. The van der Waals surface area contributed by atoms with Crippen LogP contribution in [0.4, 0.5) is 0 Å². The van der Waals surface area contributed by atoms with Gasteiger partial charge >= 0.3 is 35.8 Å². The van der Waals surface area contributed by atoms with Crippen molar-refractivity contribution in [2.75, 3.05) is 19.7 Å². The van der Waals surface area contributed by atoms with Crippen LogP contribution in [-0.2, 0) is 133 Å². The minimum atomic E-state index is -2.20. The van der Waals surface area contributed by atoms with Crippen molar-refractivity contribution in [2.45, 2.75) is 293 Å². The fourth-order valence-electron chi connectivity index (χ4n) is 15.3. The summed E-state index contributed by atoms with van der Waals surface area (Å²) in [6.45, 7) is 12.6. The lowest BCUT2D eigenvalue weighted by Gasteiger charge is -2.32. The Hall–Kier alpha value is -15.2. The molecule has 20 unspecified atom stereocenters. The van der Waals surface area contributed by atoms with Crippen LogP contribution >= 0.6 is 0 Å². The molecule has 0 bridgehead atoms. The van der Waals surface area contributed by atoms with Crippen LogP contribution in [-0.4, -0.2) is 350 Å². The summed E-state index contributed by atoms with van der Waals surface area (Å²) in [6, 6.07) is -20.2. The molecule has 31 N–H and O–H groups in total. The number of aliphatic hydroxyl groups excluding tert-OH is 3. The monoisotopic (exact) mass is 2050 g/mol. The molecule has 0 radical (unpaired) electrons. The molecule has 2 aromatic rings. The molecule has 2 fully saturated rings. The van der Waals surface area contributed by atoms with Crippen LogP contribution in [0.3, 0.4) is 0 Å². The molecule has 802 valence electrons. The molecule has 0 saturated carbocycles. The SMILES string of the molecule is CC(C)CC(NC(=O)C1CCCN1C(=O)C(NC(=O)C(Cc1ccccc1)NC(=O)C(CCC(N)=O)NC(=O)C(NC(=O)C(NC(=O)C(Cc1ccc(O)cc1)NC(=O)C(CCC(=O)O)NC(=O)C(NC(=O)C(CC(=O)O)NC(=O)C(NC(=O)C(N)CO)C(C)C)C(C)C)C(C)O)C(C)C)C(C)O)C(=O)NC(CC(N)=O)C(=O)N1CCCC1C(=O)NC(CC(=O)O)C(=O)NC(CC(=O)O)C(=O)NC(CC(=O)O)C(=O)O. The highest BCUT2D eigenvalue weighted by molar-refractivity contribution is 6.04. The van der Waals surface area contributed by atoms with E-state index >= 15 is 0 Å². The number of phenols is 1. The molecule has 20 atom stereocenters. The lowest BCUT2D eigenvalue weighted by Crippen LogP contribution is -2.63. The van der Waals surface area contributed by atoms with Crippen molar-refractivity contribution in [3.63, 3.8) is 0 Å². The molecule has 4 rings (SSSR count). The first-order valence-corrected chi connectivity index (χ1v) is 46.4. The number of carbonyl (C=O) groups excluding carboxylic acids is 19. The number of amides is 19. The second-order valence-electron chi connectivity index (χ2n) is 36.5. The molecule has 2 aliphatic rings. The highest BCUT2D eigenvalue weighted by Crippen LogP contribution is 2.25. The van der Waals surface area contributed by atoms with E-state index in [0.717, 1.165) is 23.6 Å². The van der Waals surface area contributed by atoms with Crippen LogP contribution in [0.2, 0.25) is 0 Å². The van der Waals surface area contributed by atoms with Gasteiger partial charge in [-0.3, -0.25) is 115 Å². The van der Waals surface area contributed by atoms with Gasteiger partial charge in [0.2, 0.25) is 112 Å². The van der Waals surface area contributed by atoms with Gasteiger partial charge < -0.3 is 158 Å². The van der Waals surface area contributed by atoms with Gasteiger partial charge in [0.15, 0.2) is 0 Å². The number of carboxylic acid groups (broad SMARTS) is 6. The minimum Gasteiger partial charge on any atom is -0.508 e. The molecule has 2 aliphatic heterocycles. The Morgan fingerprint density at radius 3 is 1.06 bits per heavy atom. The Morgan fingerprint density at radius 2 is 0.662 bits per heavy atom. The van der Waals surface area contributed by atoms with Crippen molar-refractivity contribution >= 4 is 148 Å². The number of aliphatic hydroxyl groups is 3. The third-order valence-corrected chi connectivity index (χ3v) is 23.0. The number of hydrogen-bond acceptors (Lipinski definition) is 30. The molecule has 19 amide bonds. The number of likely N-dealkylation sites (tertiary alicyclic amines) is 2. The predicted molar refractivity (Wildman–Crippen MR) is 499 cm³/mol. The van der Waals surface area contributed by atoms with Crippen molar-refractivity contribution < 1.29 is 171 Å². The number of aromatic hydroxyl groups is 1. The predicted octanol–water partition coefficient (Wildman–Crippen LogP) is -9.48. The van der Waals surface area contributed by atoms with Crippen molar-refractivity contribution in [3.8, 4) is 5.75 Å². The maximum Gasteiger partial charge on any atom is 0.326 e. The highest BCUT2D eigenvalue weighted by atomic mass is 16.4. The number of nitrogens with two attached hydrogens (primary N) is 3. The van der Waals surface area contributed by atoms with Gasteiger partial charge in [-0.1, -0.05) is 97.9 Å². The number of carbonyl (C=O) groups is 25. The fraction of sp³-hybridized carbons (Fsp3) is 0.589. The van der Waals surface area contributed by atoms with Gasteiger partial charge in [-0.2, -0.15) is 0 Å². The van der Waals surface area contributed by atoms with Crippen molar-refractivity contribution in [3.05, 3.63) is 65.7 Å². The summed E-state index contributed by atoms with van der Waals surface area (Å²) < 4.78 is 0. The van der Waals surface area contributed by atoms with E-state index in [9.17, 15) is 166 Å². The fourth-order valence-corrected chi connectivity index (χ4v) is 15.3. The number of primary amides is 2. The van der Waals surface area contributed by atoms with Crippen LogP contribution < -0.4 is 97.0 Å². The Bertz CT molecular complexity index is 5000. The maximum absolute atomic E-state index is 14.9. The Labute approximate surface area is 830 Å². The first kappa shape index (κ1) is 122. The molecule has 55 nitrogen and oxygen atoms in total. The molecule has 2 saturated heterocycles. The van der Waals surface area contributed by atoms with Gasteiger partial charge in [-0.25, -0.2) is 4.79 Å². The number of aliphatic carboxylic acids is 6. The van der Waals surface area contributed by atoms with Gasteiger partial charge in [0.05, 0.1) is 50.9 Å². The van der Waals surface area contributed by atoms with Gasteiger partial charge in [-0.15, -0.1) is 0 Å². The van der Waals surface area contributed by atoms with Crippen LogP contribution in [0.15, 0.2) is 54.6 Å². The number of benzene rings is 2. The van der Waals surface area contributed by atoms with E-state index < -0.39 is 370 Å². The molecule has 2 heterocycles. The smallest absolute Gasteiger partial charge is 0.326 e. The highest BCUT2D eigenvalue weighted by Gasteiger charge is 2.47. The molecule has 0 aromatic heterocycles. The molecule has 0 spiro atoms. The average Bonchev–Trinajstić information content (AvgIpc) is 1.59. The van der Waals surface area contributed by atoms with Crippen molar-refractivity contribution in [2.24, 2.45) is 40.9 Å². The first-order chi connectivity index (χ1) is 67.7. The van der Waals surface area contributed by atoms with Gasteiger partial charge in [-0.05, 0) is 106 Å². The second-order valence-corrected chi connectivity index (χ2v) is 36.5. The number of nitrogens with one attached hydrogen (secondary N) is 15. The summed E-state index contributed by atoms with van der Waals surface area (Å²) in [5.74, 6) is -36.5. The van der Waals surface area contributed by atoms with Gasteiger partial charge in [0, 0.05) is 38.8 Å². The van der Waals surface area contributed by atoms with Crippen molar-refractivity contribution in [1.82, 2.24) is 89.6 Å². The van der Waals surface area contributed by atoms with E-state index in [0.29, 0.717) is 5.56 Å². The largest absolute Gasteiger partial charge is 0.508 e. The molecular weight excluding hydrogens is 1920 g/mol. The molecule has 55 heteroatoms. The summed E-state index contributed by atoms with van der Waals surface area (Å²) in [4.78, 5) is 340. The maximum atomic E-state index is 14.9. The summed E-state index contributed by atoms with van der Waals surface area (Å²) >= 11 is 0. The summed E-state index contributed by atoms with van der Waals surface area (Å²) in [5, 5.41) is 134. The van der Waals surface area contributed by atoms with E-state index in [2.05, 4.69) is 69.1 Å². The van der Waals surface area contributed by atoms with Gasteiger partial charge in [0.25, 0.3) is 0 Å². The summed E-state index contributed by atoms with van der Waals surface area (Å²) in [5.41, 5.74) is 17.3. The Morgan fingerprint density at radius 1 is 0.338 bits per heavy atom. The van der Waals surface area contributed by atoms with Crippen LogP contribution in [0, 0.1) is 23.7 Å². The normalized spacial score (nSPS) is 17.1. The van der Waals surface area contributed by atoms with E-state index in [-0.39, 0.29) is 56.5 Å². The zero-order valence-electron chi connectivity index (χ0n) is 81.3. The quantitative estimate of drug-likeness (QED) is 0.0292. The standard InChI is InChI=1S/C90H132N20O35/c1-39(2)30-51(76(130)102-57(33-62(93)116)88(142)109-28-14-18-59(109)82(136)100-55(35-65(121)122)77(131)98-54(34-64(119)120)78(132)103-58(90(144)145)37-67(125)126)99-83(137)60-19-15-29-110(60)89(143)72(44(10)113)108-80(134)52(31-45-16-12-11-13-17-45)96-74(128)49(24-26-61(92)115)94-85(139)70(42(7)8)106-87(141)71(43(9)112)107-79(133)53(32-46-20-22-47(114)23-21-46)97-75(129)50(25-27-63(117)118)95-84(138)69(41(5)6)105-81(135)56(36-66(123)124)101-86(140)68(40(3)4)104-73(127)48(91)38-111/h11-13,16-17,20-23,39-44,48-60,68-72,111-114H,14-15,18-19,24-38,91H2,1-10H3,(H2,92,115)(H2,93,116)(H,94,139)(H,95,138)(H,96,128)(H,97,129)(H,98,131)(H,99,137)(H,100,136)(H,101,140)(H,102,130)(H,103,132)(H,104,127)(H,105,135)(H,106,141)(H,107,133)(H,108,134)(H,117,118)(H,119,120)(H,121,122)(H,123,124)(H,125,126)(H,144,145). The molecule has 0 aliphatic carbocycles. The van der Waals surface area contributed by atoms with E-state index in [1.54, 1.807) is 37.4 Å². The third-order valence-electron chi connectivity index (χ3n) is 23.0. The Kier molecular flexibility index (Phi) is 49.2. The number of phenolic OH excluding ortho intramolecular Hbond substituents is 1. The van der Waals surface area contributed by atoms with Crippen molar-refractivity contribution in [1.29, 1.82) is 0 Å². The van der Waals surface area contributed by atoms with Gasteiger partial charge in [0.1, 0.15) is 115 Å². The van der Waals surface area contributed by atoms with Crippen LogP contribution in [0.1, 0.15) is 170 Å². The zero-order chi connectivity index (χ0) is 110. The second kappa shape index (κ2) is 58.4.